The van der Waals surface area contributed by atoms with Crippen molar-refractivity contribution >= 4 is 16.9 Å². The van der Waals surface area contributed by atoms with Gasteiger partial charge in [0.1, 0.15) is 11.9 Å². The van der Waals surface area contributed by atoms with Crippen molar-refractivity contribution < 1.29 is 4.39 Å². The Kier molecular flexibility index (Phi) is 4.46. The van der Waals surface area contributed by atoms with Crippen molar-refractivity contribution in [2.24, 2.45) is 4.99 Å². The molecule has 29 heavy (non-hydrogen) atoms. The van der Waals surface area contributed by atoms with E-state index in [0.717, 1.165) is 28.8 Å². The molecule has 0 saturated carbocycles. The van der Waals surface area contributed by atoms with Crippen LogP contribution in [0.3, 0.4) is 0 Å². The molecule has 0 bridgehead atoms. The molecule has 4 heterocycles. The molecular formula is C23H23FN4S. The van der Waals surface area contributed by atoms with Gasteiger partial charge in [0.15, 0.2) is 5.17 Å². The second kappa shape index (κ2) is 7.02. The molecule has 1 saturated heterocycles. The summed E-state index contributed by atoms with van der Waals surface area (Å²) in [4.78, 5) is 12.1. The van der Waals surface area contributed by atoms with Crippen LogP contribution in [0.2, 0.25) is 0 Å². The maximum absolute atomic E-state index is 14.6. The third-order valence-electron chi connectivity index (χ3n) is 5.76. The van der Waals surface area contributed by atoms with Crippen LogP contribution in [0.1, 0.15) is 41.7 Å². The third kappa shape index (κ3) is 2.97. The first-order valence-electron chi connectivity index (χ1n) is 9.90. The fourth-order valence-corrected chi connectivity index (χ4v) is 5.64. The smallest absolute Gasteiger partial charge is 0.160 e. The molecule has 3 aromatic rings. The fourth-order valence-electron chi connectivity index (χ4n) is 4.54. The first-order chi connectivity index (χ1) is 14.0. The molecule has 1 fully saturated rings. The molecule has 0 radical (unpaired) electrons. The zero-order valence-corrected chi connectivity index (χ0v) is 17.5. The van der Waals surface area contributed by atoms with Crippen LogP contribution in [-0.2, 0) is 0 Å². The summed E-state index contributed by atoms with van der Waals surface area (Å²) in [5, 5.41) is 1.60. The Morgan fingerprint density at radius 3 is 2.66 bits per heavy atom. The Hall–Kier alpha value is -2.60. The molecule has 2 aliphatic rings. The number of benzene rings is 1. The van der Waals surface area contributed by atoms with Crippen LogP contribution in [0.4, 0.5) is 4.39 Å². The third-order valence-corrected chi connectivity index (χ3v) is 6.87. The number of nitrogens with zero attached hydrogens (tertiary/aromatic N) is 4. The first-order valence-corrected chi connectivity index (χ1v) is 10.8. The van der Waals surface area contributed by atoms with E-state index < -0.39 is 0 Å². The quantitative estimate of drug-likeness (QED) is 0.598. The van der Waals surface area contributed by atoms with Crippen molar-refractivity contribution in [2.45, 2.75) is 38.1 Å². The van der Waals surface area contributed by atoms with Crippen LogP contribution in [0.5, 0.6) is 0 Å². The normalized spacial score (nSPS) is 23.4. The number of thioether (sulfide) groups is 1. The van der Waals surface area contributed by atoms with Crippen LogP contribution >= 0.6 is 11.8 Å². The van der Waals surface area contributed by atoms with E-state index in [1.807, 2.05) is 59.8 Å². The van der Waals surface area contributed by atoms with Crippen molar-refractivity contribution in [3.63, 3.8) is 0 Å². The van der Waals surface area contributed by atoms with E-state index in [1.54, 1.807) is 6.07 Å². The molecule has 0 amide bonds. The molecule has 148 valence electrons. The van der Waals surface area contributed by atoms with Gasteiger partial charge in [-0.2, -0.15) is 0 Å². The summed E-state index contributed by atoms with van der Waals surface area (Å²) < 4.78 is 16.6. The van der Waals surface area contributed by atoms with E-state index in [-0.39, 0.29) is 17.9 Å². The summed E-state index contributed by atoms with van der Waals surface area (Å²) in [6.45, 7) is 7.31. The molecule has 0 aliphatic carbocycles. The lowest BCUT2D eigenvalue weighted by Crippen LogP contribution is -2.28. The van der Waals surface area contributed by atoms with E-state index in [1.165, 1.54) is 11.6 Å². The van der Waals surface area contributed by atoms with Gasteiger partial charge in [0.05, 0.1) is 17.4 Å². The van der Waals surface area contributed by atoms with E-state index in [4.69, 9.17) is 4.99 Å². The van der Waals surface area contributed by atoms with Gasteiger partial charge in [-0.15, -0.1) is 0 Å². The summed E-state index contributed by atoms with van der Waals surface area (Å²) in [6.07, 6.45) is 1.83. The van der Waals surface area contributed by atoms with Gasteiger partial charge < -0.3 is 9.47 Å². The fraction of sp³-hybridized carbons (Fsp3) is 0.304. The lowest BCUT2D eigenvalue weighted by molar-refractivity contribution is 0.320. The Labute approximate surface area is 174 Å². The number of para-hydroxylation sites is 1. The molecule has 5 rings (SSSR count). The highest BCUT2D eigenvalue weighted by molar-refractivity contribution is 8.14. The Morgan fingerprint density at radius 1 is 1.10 bits per heavy atom. The molecule has 0 unspecified atom stereocenters. The van der Waals surface area contributed by atoms with E-state index in [9.17, 15) is 4.39 Å². The van der Waals surface area contributed by atoms with Gasteiger partial charge in [-0.1, -0.05) is 36.9 Å². The van der Waals surface area contributed by atoms with E-state index in [0.29, 0.717) is 10.9 Å². The summed E-state index contributed by atoms with van der Waals surface area (Å²) >= 11 is 1.83. The minimum absolute atomic E-state index is 0.0548. The van der Waals surface area contributed by atoms with Gasteiger partial charge in [0.2, 0.25) is 0 Å². The van der Waals surface area contributed by atoms with Gasteiger partial charge in [-0.25, -0.2) is 4.39 Å². The van der Waals surface area contributed by atoms with Crippen LogP contribution in [0.15, 0.2) is 59.7 Å². The average molecular weight is 407 g/mol. The number of fused-ring (bicyclic) bond motifs is 1. The maximum Gasteiger partial charge on any atom is 0.160 e. The monoisotopic (exact) mass is 406 g/mol. The maximum atomic E-state index is 14.6. The molecule has 2 aromatic heterocycles. The lowest BCUT2D eigenvalue weighted by Gasteiger charge is -2.27. The van der Waals surface area contributed by atoms with Gasteiger partial charge in [0, 0.05) is 29.4 Å². The summed E-state index contributed by atoms with van der Waals surface area (Å²) in [7, 11) is 0. The van der Waals surface area contributed by atoms with Crippen molar-refractivity contribution in [3.05, 3.63) is 83.2 Å². The van der Waals surface area contributed by atoms with Gasteiger partial charge >= 0.3 is 0 Å². The van der Waals surface area contributed by atoms with Gasteiger partial charge in [0.25, 0.3) is 0 Å². The van der Waals surface area contributed by atoms with Crippen LogP contribution in [0.25, 0.3) is 5.69 Å². The zero-order chi connectivity index (χ0) is 20.1. The number of aromatic nitrogens is 2. The number of aliphatic imine (C=N–C) groups is 1. The highest BCUT2D eigenvalue weighted by atomic mass is 32.2. The number of amidine groups is 1. The Balaban J connectivity index is 1.64. The first kappa shape index (κ1) is 18.4. The molecule has 3 atom stereocenters. The predicted molar refractivity (Wildman–Crippen MR) is 116 cm³/mol. The lowest BCUT2D eigenvalue weighted by atomic mass is 9.96. The molecule has 0 N–H and O–H groups in total. The zero-order valence-electron chi connectivity index (χ0n) is 16.7. The van der Waals surface area contributed by atoms with Crippen LogP contribution < -0.4 is 0 Å². The highest BCUT2D eigenvalue weighted by Crippen LogP contribution is 2.48. The van der Waals surface area contributed by atoms with Gasteiger partial charge in [-0.3, -0.25) is 9.98 Å². The second-order valence-corrected chi connectivity index (χ2v) is 9.16. The summed E-state index contributed by atoms with van der Waals surface area (Å²) in [6, 6.07) is 15.2. The molecule has 4 nitrogen and oxygen atoms in total. The average Bonchev–Trinajstić information content (AvgIpc) is 3.33. The molecular weight excluding hydrogens is 383 g/mol. The second-order valence-electron chi connectivity index (χ2n) is 7.75. The highest BCUT2D eigenvalue weighted by Gasteiger charge is 2.44. The topological polar surface area (TPSA) is 33.4 Å². The minimum atomic E-state index is -0.212. The molecule has 0 spiro atoms. The molecule has 1 aromatic carbocycles. The van der Waals surface area contributed by atoms with E-state index >= 15 is 0 Å². The van der Waals surface area contributed by atoms with Crippen molar-refractivity contribution in [1.29, 1.82) is 0 Å². The van der Waals surface area contributed by atoms with Crippen molar-refractivity contribution in [3.8, 4) is 5.69 Å². The number of pyridine rings is 1. The van der Waals surface area contributed by atoms with Gasteiger partial charge in [-0.05, 0) is 49.7 Å². The number of halogens is 1. The molecule has 6 heteroatoms. The SMILES string of the molecule is Cc1cc([C@@H]2[C@H](c3ccccn3)N=C3S[C@H](C)CN32)c(C)n1-c1ccccc1F. The van der Waals surface area contributed by atoms with Crippen LogP contribution in [-0.4, -0.2) is 31.4 Å². The largest absolute Gasteiger partial charge is 0.341 e. The van der Waals surface area contributed by atoms with Crippen LogP contribution in [0, 0.1) is 19.7 Å². The standard InChI is InChI=1S/C23H23FN4S/c1-14-12-17(16(3)28(14)20-10-5-4-8-18(20)24)22-21(19-9-6-7-11-25-19)26-23-27(22)13-15(2)29-23/h4-12,15,21-22H,13H2,1-3H3/t15-,21+,22-/m1/s1. The minimum Gasteiger partial charge on any atom is -0.341 e. The Bertz CT molecular complexity index is 1090. The summed E-state index contributed by atoms with van der Waals surface area (Å²) in [5.74, 6) is -0.212. The summed E-state index contributed by atoms with van der Waals surface area (Å²) in [5.41, 5.74) is 4.83. The van der Waals surface area contributed by atoms with Crippen molar-refractivity contribution in [2.75, 3.05) is 6.54 Å². The van der Waals surface area contributed by atoms with Crippen molar-refractivity contribution in [1.82, 2.24) is 14.5 Å². The Morgan fingerprint density at radius 2 is 1.90 bits per heavy atom. The predicted octanol–water partition coefficient (Wildman–Crippen LogP) is 5.22. The van der Waals surface area contributed by atoms with E-state index in [2.05, 4.69) is 29.8 Å². The number of hydrogen-bond donors (Lipinski definition) is 0. The number of hydrogen-bond acceptors (Lipinski definition) is 4. The molecule has 2 aliphatic heterocycles. The number of aryl methyl sites for hydroxylation is 1. The number of rotatable bonds is 3.